The number of phosphoric acid groups is 2. The van der Waals surface area contributed by atoms with Crippen molar-refractivity contribution in [1.82, 2.24) is 28.0 Å². The van der Waals surface area contributed by atoms with Gasteiger partial charge in [-0.15, -0.1) is 0 Å². The number of aliphatic hydroxyl groups is 2. The first-order valence-electron chi connectivity index (χ1n) is 8.95. The average molecular weight is 535 g/mol. The van der Waals surface area contributed by atoms with E-state index in [9.17, 15) is 33.8 Å². The fraction of sp³-hybridized carbons (Fsp3) is 0.600. The van der Waals surface area contributed by atoms with Gasteiger partial charge in [-0.2, -0.15) is 4.31 Å². The number of rotatable bonds is 8. The number of hydrogen-bond donors (Lipinski definition) is 9. The van der Waals surface area contributed by atoms with E-state index in [4.69, 9.17) is 14.5 Å². The highest BCUT2D eigenvalue weighted by atomic mass is 31.3. The summed E-state index contributed by atoms with van der Waals surface area (Å²) >= 11 is 0. The van der Waals surface area contributed by atoms with Crippen LogP contribution in [0.25, 0.3) is 0 Å². The fourth-order valence-electron chi connectivity index (χ4n) is 2.61. The number of aliphatic hydroxyl groups excluding tert-OH is 2. The molecule has 198 valence electrons. The van der Waals surface area contributed by atoms with Crippen molar-refractivity contribution in [3.05, 3.63) is 32.6 Å². The molecule has 0 bridgehead atoms. The van der Waals surface area contributed by atoms with Crippen LogP contribution in [0.3, 0.4) is 0 Å². The van der Waals surface area contributed by atoms with E-state index in [-0.39, 0.29) is 24.0 Å². The third-order valence-electron chi connectivity index (χ3n) is 4.07. The van der Waals surface area contributed by atoms with Crippen LogP contribution < -0.4 is 29.7 Å². The van der Waals surface area contributed by atoms with E-state index in [0.29, 0.717) is 6.42 Å². The van der Waals surface area contributed by atoms with Gasteiger partial charge in [0.15, 0.2) is 6.23 Å². The number of aromatic amines is 1. The van der Waals surface area contributed by atoms with Gasteiger partial charge in [-0.3, -0.25) is 18.9 Å². The van der Waals surface area contributed by atoms with Crippen molar-refractivity contribution in [2.75, 3.05) is 6.61 Å². The molecule has 17 nitrogen and oxygen atoms in total. The molecular weight excluding hydrogens is 504 g/mol. The molecule has 0 spiro atoms. The molecule has 0 radical (unpaired) electrons. The first-order chi connectivity index (χ1) is 14.3. The highest BCUT2D eigenvalue weighted by Crippen LogP contribution is 2.57. The van der Waals surface area contributed by atoms with Crippen LogP contribution in [0.5, 0.6) is 0 Å². The molecule has 1 unspecified atom stereocenters. The number of unbranched alkanes of at least 4 members (excludes halogenated alkanes) is 2. The van der Waals surface area contributed by atoms with Crippen LogP contribution in [-0.2, 0) is 22.7 Å². The summed E-state index contributed by atoms with van der Waals surface area (Å²) in [7, 11) is -10.6. The maximum atomic E-state index is 12.2. The quantitative estimate of drug-likeness (QED) is 0.114. The molecular formula is C15H31N5O12P2. The number of nitrogens with zero attached hydrogens (tertiary/aromatic N) is 1. The van der Waals surface area contributed by atoms with E-state index in [1.165, 1.54) is 0 Å². The van der Waals surface area contributed by atoms with Crippen LogP contribution in [0, 0.1) is 11.8 Å². The highest BCUT2D eigenvalue weighted by Gasteiger charge is 2.45. The molecule has 1 fully saturated rings. The molecule has 19 heteroatoms. The standard InChI is InChI=1S/C15H22N2O12P2.3H3N/c1-2-3-4-5-6-9-7-17(15(21)16-13(9)20)14-12(19)11(18)10(28-14)8-27-31(25,26)29-30(22,23)24;;;/h7,10-12,14,18-19H,2-4,8H2,1H3,(H,25,26)(H,16,20,21)(H2,22,23,24);3*1H3/t10-,11-,12-,14-;;;/m1.../s1. The summed E-state index contributed by atoms with van der Waals surface area (Å²) in [6.07, 6.45) is -3.19. The van der Waals surface area contributed by atoms with Gasteiger partial charge in [0.1, 0.15) is 23.9 Å². The van der Waals surface area contributed by atoms with Gasteiger partial charge in [0.2, 0.25) is 0 Å². The molecule has 0 aliphatic carbocycles. The van der Waals surface area contributed by atoms with Gasteiger partial charge in [-0.25, -0.2) is 13.9 Å². The van der Waals surface area contributed by atoms with E-state index in [1.54, 1.807) is 0 Å². The Morgan fingerprint density at radius 1 is 1.15 bits per heavy atom. The van der Waals surface area contributed by atoms with E-state index >= 15 is 0 Å². The Kier molecular flexibility index (Phi) is 14.1. The van der Waals surface area contributed by atoms with Gasteiger partial charge in [-0.05, 0) is 6.42 Å². The van der Waals surface area contributed by atoms with Crippen LogP contribution in [0.2, 0.25) is 0 Å². The van der Waals surface area contributed by atoms with E-state index < -0.39 is 58.0 Å². The minimum Gasteiger partial charge on any atom is -0.387 e. The van der Waals surface area contributed by atoms with Gasteiger partial charge in [0, 0.05) is 12.6 Å². The molecule has 15 N–H and O–H groups in total. The number of ether oxygens (including phenoxy) is 1. The lowest BCUT2D eigenvalue weighted by molar-refractivity contribution is -0.0542. The molecule has 34 heavy (non-hydrogen) atoms. The predicted octanol–water partition coefficient (Wildman–Crippen LogP) is -0.590. The minimum atomic E-state index is -5.35. The second-order valence-corrected chi connectivity index (χ2v) is 9.33. The number of phosphoric ester groups is 1. The zero-order valence-corrected chi connectivity index (χ0v) is 20.1. The van der Waals surface area contributed by atoms with Crippen LogP contribution >= 0.6 is 15.6 Å². The van der Waals surface area contributed by atoms with Crippen molar-refractivity contribution in [3.8, 4) is 11.8 Å². The molecule has 0 aromatic carbocycles. The fourth-order valence-corrected chi connectivity index (χ4v) is 4.21. The highest BCUT2D eigenvalue weighted by molar-refractivity contribution is 7.60. The smallest absolute Gasteiger partial charge is 0.387 e. The zero-order chi connectivity index (χ0) is 23.4. The lowest BCUT2D eigenvalue weighted by atomic mass is 10.1. The van der Waals surface area contributed by atoms with Crippen molar-refractivity contribution in [3.63, 3.8) is 0 Å². The maximum absolute atomic E-state index is 12.2. The molecule has 2 heterocycles. The Bertz CT molecular complexity index is 1060. The molecule has 5 atom stereocenters. The predicted molar refractivity (Wildman–Crippen MR) is 118 cm³/mol. The molecule has 1 aliphatic heterocycles. The molecule has 0 amide bonds. The third kappa shape index (κ3) is 9.49. The van der Waals surface area contributed by atoms with Crippen molar-refractivity contribution in [2.45, 2.75) is 50.7 Å². The van der Waals surface area contributed by atoms with Gasteiger partial charge in [0.05, 0.1) is 6.61 Å². The van der Waals surface area contributed by atoms with E-state index in [0.717, 1.165) is 23.6 Å². The van der Waals surface area contributed by atoms with Gasteiger partial charge < -0.3 is 48.1 Å². The lowest BCUT2D eigenvalue weighted by Crippen LogP contribution is -2.38. The number of nitrogens with one attached hydrogen (secondary N) is 1. The molecule has 1 aliphatic rings. The third-order valence-corrected chi connectivity index (χ3v) is 6.22. The number of aromatic nitrogens is 2. The molecule has 1 aromatic heterocycles. The Hall–Kier alpha value is -1.74. The largest absolute Gasteiger partial charge is 0.481 e. The average Bonchev–Trinajstić information content (AvgIpc) is 2.91. The Morgan fingerprint density at radius 3 is 2.32 bits per heavy atom. The summed E-state index contributed by atoms with van der Waals surface area (Å²) in [5, 5.41) is 20.3. The van der Waals surface area contributed by atoms with Crippen LogP contribution in [-0.4, -0.2) is 59.4 Å². The lowest BCUT2D eigenvalue weighted by Gasteiger charge is -2.18. The van der Waals surface area contributed by atoms with Crippen LogP contribution in [0.1, 0.15) is 38.0 Å². The zero-order valence-electron chi connectivity index (χ0n) is 18.3. The van der Waals surface area contributed by atoms with Crippen LogP contribution in [0.4, 0.5) is 0 Å². The Labute approximate surface area is 193 Å². The van der Waals surface area contributed by atoms with E-state index in [2.05, 4.69) is 20.7 Å². The first kappa shape index (κ1) is 34.4. The van der Waals surface area contributed by atoms with Gasteiger partial charge in [-0.1, -0.05) is 25.2 Å². The van der Waals surface area contributed by atoms with E-state index in [1.807, 2.05) is 11.9 Å². The number of hydrogen-bond acceptors (Lipinski definition) is 12. The van der Waals surface area contributed by atoms with Crippen molar-refractivity contribution < 1.29 is 47.6 Å². The Balaban J connectivity index is 0. The van der Waals surface area contributed by atoms with Crippen LogP contribution in [0.15, 0.2) is 15.8 Å². The summed E-state index contributed by atoms with van der Waals surface area (Å²) in [4.78, 5) is 52.5. The van der Waals surface area contributed by atoms with Crippen molar-refractivity contribution in [1.29, 1.82) is 0 Å². The normalized spacial score (nSPS) is 23.4. The summed E-state index contributed by atoms with van der Waals surface area (Å²) in [6, 6.07) is 0. The van der Waals surface area contributed by atoms with Gasteiger partial charge in [0.25, 0.3) is 5.56 Å². The second kappa shape index (κ2) is 14.0. The Morgan fingerprint density at radius 2 is 1.76 bits per heavy atom. The van der Waals surface area contributed by atoms with Crippen molar-refractivity contribution in [2.24, 2.45) is 0 Å². The maximum Gasteiger partial charge on any atom is 0.481 e. The monoisotopic (exact) mass is 535 g/mol. The summed E-state index contributed by atoms with van der Waals surface area (Å²) < 4.78 is 36.2. The first-order valence-corrected chi connectivity index (χ1v) is 12.0. The molecule has 1 aromatic rings. The molecule has 2 rings (SSSR count). The number of H-pyrrole nitrogens is 1. The molecule has 0 saturated carbocycles. The summed E-state index contributed by atoms with van der Waals surface area (Å²) in [6.45, 7) is 1.04. The van der Waals surface area contributed by atoms with Crippen molar-refractivity contribution >= 4 is 15.6 Å². The van der Waals surface area contributed by atoms with Gasteiger partial charge >= 0.3 is 21.3 Å². The summed E-state index contributed by atoms with van der Waals surface area (Å²) in [5.74, 6) is 5.38. The molecule has 1 saturated heterocycles. The SMILES string of the molecule is CCCCC#Cc1cn([C@@H]2O[C@H](COP(=O)(O)OP(=O)(O)O)[C@@H](O)[C@H]2O)c(=O)[nH]c1=O.N.N.N. The minimum absolute atomic E-state index is 0. The topological polar surface area (TPSA) is 323 Å². The summed E-state index contributed by atoms with van der Waals surface area (Å²) in [5.41, 5.74) is -1.82. The second-order valence-electron chi connectivity index (χ2n) is 6.50.